The van der Waals surface area contributed by atoms with Gasteiger partial charge < -0.3 is 0 Å². The molecule has 0 saturated heterocycles. The maximum atomic E-state index is 4.41. The van der Waals surface area contributed by atoms with E-state index in [2.05, 4.69) is 29.2 Å². The molecule has 0 spiro atoms. The highest BCUT2D eigenvalue weighted by Gasteiger charge is 2.18. The van der Waals surface area contributed by atoms with E-state index in [1.807, 2.05) is 12.3 Å². The number of nitrogens with zero attached hydrogens (tertiary/aromatic N) is 1. The van der Waals surface area contributed by atoms with Crippen molar-refractivity contribution in [1.82, 2.24) is 4.98 Å². The molecule has 0 amide bonds. The highest BCUT2D eigenvalue weighted by atomic mass is 14.6. The van der Waals surface area contributed by atoms with Crippen LogP contribution < -0.4 is 0 Å². The smallest absolute Gasteiger partial charge is 0.0704 e. The fourth-order valence-electron chi connectivity index (χ4n) is 2.72. The minimum atomic E-state index is 0.776. The molecule has 1 heterocycles. The summed E-state index contributed by atoms with van der Waals surface area (Å²) in [6, 6.07) is 10.8. The molecule has 3 rings (SSSR count). The SMILES string of the molecule is c1cc(C2CCCC2)c2cccnc2c1. The van der Waals surface area contributed by atoms with Crippen LogP contribution in [0.5, 0.6) is 0 Å². The summed E-state index contributed by atoms with van der Waals surface area (Å²) in [5.74, 6) is 0.776. The summed E-state index contributed by atoms with van der Waals surface area (Å²) in [7, 11) is 0. The highest BCUT2D eigenvalue weighted by Crippen LogP contribution is 2.36. The molecule has 1 aromatic heterocycles. The average molecular weight is 197 g/mol. The molecule has 2 aromatic rings. The van der Waals surface area contributed by atoms with Gasteiger partial charge in [0.2, 0.25) is 0 Å². The van der Waals surface area contributed by atoms with Gasteiger partial charge in [0, 0.05) is 11.6 Å². The summed E-state index contributed by atoms with van der Waals surface area (Å²) in [5.41, 5.74) is 2.65. The fourth-order valence-corrected chi connectivity index (χ4v) is 2.72. The van der Waals surface area contributed by atoms with Crippen LogP contribution in [0.25, 0.3) is 10.9 Å². The largest absolute Gasteiger partial charge is 0.256 e. The molecular formula is C14H15N. The van der Waals surface area contributed by atoms with Crippen molar-refractivity contribution in [2.45, 2.75) is 31.6 Å². The monoisotopic (exact) mass is 197 g/mol. The Bertz CT molecular complexity index is 464. The second-order valence-electron chi connectivity index (χ2n) is 4.40. The minimum Gasteiger partial charge on any atom is -0.256 e. The van der Waals surface area contributed by atoms with Gasteiger partial charge in [-0.3, -0.25) is 4.98 Å². The standard InChI is InChI=1S/C14H15N/c1-2-6-11(5-1)12-7-3-9-14-13(12)8-4-10-15-14/h3-4,7-11H,1-2,5-6H2. The van der Waals surface area contributed by atoms with Crippen LogP contribution in [0.15, 0.2) is 36.5 Å². The summed E-state index contributed by atoms with van der Waals surface area (Å²) in [5, 5.41) is 1.35. The Morgan fingerprint density at radius 3 is 2.73 bits per heavy atom. The number of benzene rings is 1. The van der Waals surface area contributed by atoms with Crippen molar-refractivity contribution < 1.29 is 0 Å². The maximum absolute atomic E-state index is 4.41. The molecule has 1 heteroatoms. The zero-order chi connectivity index (χ0) is 10.1. The van der Waals surface area contributed by atoms with E-state index in [-0.39, 0.29) is 0 Å². The first kappa shape index (κ1) is 8.90. The zero-order valence-corrected chi connectivity index (χ0v) is 8.82. The third-order valence-electron chi connectivity index (χ3n) is 3.47. The molecule has 1 fully saturated rings. The quantitative estimate of drug-likeness (QED) is 0.675. The van der Waals surface area contributed by atoms with Gasteiger partial charge in [-0.25, -0.2) is 0 Å². The molecule has 0 atom stereocenters. The molecule has 0 bridgehead atoms. The number of aromatic nitrogens is 1. The second kappa shape index (κ2) is 3.65. The van der Waals surface area contributed by atoms with Gasteiger partial charge in [0.15, 0.2) is 0 Å². The van der Waals surface area contributed by atoms with Gasteiger partial charge in [0.05, 0.1) is 5.52 Å². The van der Waals surface area contributed by atoms with Gasteiger partial charge >= 0.3 is 0 Å². The van der Waals surface area contributed by atoms with Gasteiger partial charge in [0.1, 0.15) is 0 Å². The van der Waals surface area contributed by atoms with Crippen molar-refractivity contribution in [2.24, 2.45) is 0 Å². The molecule has 15 heavy (non-hydrogen) atoms. The van der Waals surface area contributed by atoms with Gasteiger partial charge in [-0.05, 0) is 36.5 Å². The Balaban J connectivity index is 2.16. The van der Waals surface area contributed by atoms with Gasteiger partial charge in [-0.2, -0.15) is 0 Å². The maximum Gasteiger partial charge on any atom is 0.0704 e. The van der Waals surface area contributed by atoms with E-state index < -0.39 is 0 Å². The van der Waals surface area contributed by atoms with E-state index in [1.54, 1.807) is 0 Å². The first-order chi connectivity index (χ1) is 7.45. The Hall–Kier alpha value is -1.37. The van der Waals surface area contributed by atoms with E-state index in [9.17, 15) is 0 Å². The molecule has 1 nitrogen and oxygen atoms in total. The van der Waals surface area contributed by atoms with Crippen LogP contribution in [0.3, 0.4) is 0 Å². The zero-order valence-electron chi connectivity index (χ0n) is 8.82. The van der Waals surface area contributed by atoms with Crippen LogP contribution in [0, 0.1) is 0 Å². The molecule has 0 radical (unpaired) electrons. The lowest BCUT2D eigenvalue weighted by Gasteiger charge is -2.12. The van der Waals surface area contributed by atoms with Gasteiger partial charge in [-0.15, -0.1) is 0 Å². The van der Waals surface area contributed by atoms with Crippen LogP contribution in [0.2, 0.25) is 0 Å². The molecule has 0 aliphatic heterocycles. The Morgan fingerprint density at radius 1 is 1.00 bits per heavy atom. The molecule has 1 aliphatic rings. The lowest BCUT2D eigenvalue weighted by atomic mass is 9.94. The van der Waals surface area contributed by atoms with Crippen molar-refractivity contribution in [3.63, 3.8) is 0 Å². The summed E-state index contributed by atoms with van der Waals surface area (Å²) < 4.78 is 0. The van der Waals surface area contributed by atoms with Crippen molar-refractivity contribution in [1.29, 1.82) is 0 Å². The summed E-state index contributed by atoms with van der Waals surface area (Å²) in [4.78, 5) is 4.41. The van der Waals surface area contributed by atoms with Crippen molar-refractivity contribution >= 4 is 10.9 Å². The number of rotatable bonds is 1. The number of hydrogen-bond acceptors (Lipinski definition) is 1. The Kier molecular flexibility index (Phi) is 2.17. The predicted molar refractivity (Wildman–Crippen MR) is 63.0 cm³/mol. The summed E-state index contributed by atoms with van der Waals surface area (Å²) >= 11 is 0. The van der Waals surface area contributed by atoms with E-state index in [0.717, 1.165) is 11.4 Å². The molecule has 1 saturated carbocycles. The first-order valence-corrected chi connectivity index (χ1v) is 5.79. The number of hydrogen-bond donors (Lipinski definition) is 0. The van der Waals surface area contributed by atoms with Gasteiger partial charge in [0.25, 0.3) is 0 Å². The predicted octanol–water partition coefficient (Wildman–Crippen LogP) is 3.89. The van der Waals surface area contributed by atoms with Crippen LogP contribution in [-0.4, -0.2) is 4.98 Å². The van der Waals surface area contributed by atoms with Crippen LogP contribution >= 0.6 is 0 Å². The normalized spacial score (nSPS) is 17.3. The van der Waals surface area contributed by atoms with E-state index in [1.165, 1.54) is 36.6 Å². The van der Waals surface area contributed by atoms with Crippen LogP contribution in [0.4, 0.5) is 0 Å². The minimum absolute atomic E-state index is 0.776. The van der Waals surface area contributed by atoms with Crippen molar-refractivity contribution in [2.75, 3.05) is 0 Å². The highest BCUT2D eigenvalue weighted by molar-refractivity contribution is 5.82. The first-order valence-electron chi connectivity index (χ1n) is 5.79. The van der Waals surface area contributed by atoms with Gasteiger partial charge in [-0.1, -0.05) is 31.0 Å². The fraction of sp³-hybridized carbons (Fsp3) is 0.357. The lowest BCUT2D eigenvalue weighted by molar-refractivity contribution is 0.729. The number of pyridine rings is 1. The van der Waals surface area contributed by atoms with E-state index >= 15 is 0 Å². The third-order valence-corrected chi connectivity index (χ3v) is 3.47. The third kappa shape index (κ3) is 1.52. The second-order valence-corrected chi connectivity index (χ2v) is 4.40. The van der Waals surface area contributed by atoms with Crippen LogP contribution in [0.1, 0.15) is 37.2 Å². The molecule has 76 valence electrons. The topological polar surface area (TPSA) is 12.9 Å². The average Bonchev–Trinajstić information content (AvgIpc) is 2.82. The van der Waals surface area contributed by atoms with Crippen molar-refractivity contribution in [3.05, 3.63) is 42.1 Å². The summed E-state index contributed by atoms with van der Waals surface area (Å²) in [6.45, 7) is 0. The molecular weight excluding hydrogens is 182 g/mol. The van der Waals surface area contributed by atoms with E-state index in [0.29, 0.717) is 0 Å². The molecule has 0 unspecified atom stereocenters. The van der Waals surface area contributed by atoms with Crippen LogP contribution in [-0.2, 0) is 0 Å². The molecule has 1 aliphatic carbocycles. The summed E-state index contributed by atoms with van der Waals surface area (Å²) in [6.07, 6.45) is 7.37. The molecule has 0 N–H and O–H groups in total. The molecule has 1 aromatic carbocycles. The Morgan fingerprint density at radius 2 is 1.87 bits per heavy atom. The number of fused-ring (bicyclic) bond motifs is 1. The van der Waals surface area contributed by atoms with Crippen molar-refractivity contribution in [3.8, 4) is 0 Å². The van der Waals surface area contributed by atoms with E-state index in [4.69, 9.17) is 0 Å². The lowest BCUT2D eigenvalue weighted by Crippen LogP contribution is -1.93. The Labute approximate surface area is 90.2 Å².